The Balaban J connectivity index is 1.98. The summed E-state index contributed by atoms with van der Waals surface area (Å²) in [6.45, 7) is 8.22. The Labute approximate surface area is 109 Å². The molecule has 1 N–H and O–H groups in total. The van der Waals surface area contributed by atoms with Crippen LogP contribution >= 0.6 is 0 Å². The maximum Gasteiger partial charge on any atom is 0.122 e. The minimum Gasteiger partial charge on any atom is -0.334 e. The number of nitrogens with zero attached hydrogens (tertiary/aromatic N) is 2. The SMILES string of the molecule is CCn1ccnc1CN[C@@H](C)c1cccc(C)c1. The van der Waals surface area contributed by atoms with Crippen molar-refractivity contribution in [2.75, 3.05) is 0 Å². The highest BCUT2D eigenvalue weighted by Gasteiger charge is 2.07. The normalized spacial score (nSPS) is 12.6. The average molecular weight is 243 g/mol. The first-order chi connectivity index (χ1) is 8.70. The van der Waals surface area contributed by atoms with Gasteiger partial charge in [0, 0.05) is 25.0 Å². The van der Waals surface area contributed by atoms with E-state index in [2.05, 4.69) is 59.9 Å². The number of benzene rings is 1. The molecule has 0 unspecified atom stereocenters. The van der Waals surface area contributed by atoms with Crippen molar-refractivity contribution in [2.24, 2.45) is 0 Å². The molecule has 0 aliphatic heterocycles. The zero-order valence-corrected chi connectivity index (χ0v) is 11.4. The summed E-state index contributed by atoms with van der Waals surface area (Å²) in [4.78, 5) is 4.37. The molecular weight excluding hydrogens is 222 g/mol. The fourth-order valence-corrected chi connectivity index (χ4v) is 2.10. The number of rotatable bonds is 5. The molecule has 0 saturated heterocycles. The molecule has 0 amide bonds. The van der Waals surface area contributed by atoms with Gasteiger partial charge < -0.3 is 9.88 Å². The Hall–Kier alpha value is -1.61. The van der Waals surface area contributed by atoms with Gasteiger partial charge in [-0.15, -0.1) is 0 Å². The first-order valence-electron chi connectivity index (χ1n) is 6.50. The second-order valence-corrected chi connectivity index (χ2v) is 4.65. The van der Waals surface area contributed by atoms with Gasteiger partial charge in [0.25, 0.3) is 0 Å². The zero-order chi connectivity index (χ0) is 13.0. The van der Waals surface area contributed by atoms with E-state index in [9.17, 15) is 0 Å². The standard InChI is InChI=1S/C15H21N3/c1-4-18-9-8-16-15(18)11-17-13(3)14-7-5-6-12(2)10-14/h5-10,13,17H,4,11H2,1-3H3/t13-/m0/s1. The third-order valence-electron chi connectivity index (χ3n) is 3.25. The van der Waals surface area contributed by atoms with Crippen molar-refractivity contribution < 1.29 is 0 Å². The monoisotopic (exact) mass is 243 g/mol. The number of aryl methyl sites for hydroxylation is 2. The van der Waals surface area contributed by atoms with Gasteiger partial charge in [-0.2, -0.15) is 0 Å². The number of nitrogens with one attached hydrogen (secondary N) is 1. The van der Waals surface area contributed by atoms with Crippen LogP contribution in [0.4, 0.5) is 0 Å². The number of aromatic nitrogens is 2. The maximum absolute atomic E-state index is 4.37. The minimum atomic E-state index is 0.340. The smallest absolute Gasteiger partial charge is 0.122 e. The van der Waals surface area contributed by atoms with Crippen LogP contribution in [0.25, 0.3) is 0 Å². The lowest BCUT2D eigenvalue weighted by molar-refractivity contribution is 0.540. The first kappa shape index (κ1) is 12.8. The van der Waals surface area contributed by atoms with E-state index >= 15 is 0 Å². The zero-order valence-electron chi connectivity index (χ0n) is 11.4. The van der Waals surface area contributed by atoms with E-state index in [0.717, 1.165) is 18.9 Å². The molecule has 3 heteroatoms. The number of imidazole rings is 1. The summed E-state index contributed by atoms with van der Waals surface area (Å²) < 4.78 is 2.16. The van der Waals surface area contributed by atoms with Crippen LogP contribution in [-0.4, -0.2) is 9.55 Å². The molecule has 1 atom stereocenters. The molecule has 0 aliphatic rings. The van der Waals surface area contributed by atoms with Crippen molar-refractivity contribution in [1.29, 1.82) is 0 Å². The van der Waals surface area contributed by atoms with Crippen LogP contribution in [0.15, 0.2) is 36.7 Å². The van der Waals surface area contributed by atoms with Crippen molar-refractivity contribution in [3.05, 3.63) is 53.6 Å². The van der Waals surface area contributed by atoms with E-state index in [-0.39, 0.29) is 0 Å². The molecular formula is C15H21N3. The van der Waals surface area contributed by atoms with Gasteiger partial charge in [-0.1, -0.05) is 29.8 Å². The molecule has 3 nitrogen and oxygen atoms in total. The summed E-state index contributed by atoms with van der Waals surface area (Å²) in [5.41, 5.74) is 2.63. The Kier molecular flexibility index (Phi) is 4.15. The molecule has 1 aromatic heterocycles. The molecule has 0 fully saturated rings. The molecule has 2 aromatic rings. The summed E-state index contributed by atoms with van der Waals surface area (Å²) in [6.07, 6.45) is 3.88. The molecule has 2 rings (SSSR count). The number of hydrogen-bond acceptors (Lipinski definition) is 2. The van der Waals surface area contributed by atoms with Crippen LogP contribution < -0.4 is 5.32 Å². The third-order valence-corrected chi connectivity index (χ3v) is 3.25. The van der Waals surface area contributed by atoms with Gasteiger partial charge >= 0.3 is 0 Å². The average Bonchev–Trinajstić information content (AvgIpc) is 2.83. The van der Waals surface area contributed by atoms with E-state index in [1.807, 2.05) is 12.4 Å². The topological polar surface area (TPSA) is 29.9 Å². The highest BCUT2D eigenvalue weighted by molar-refractivity contribution is 5.24. The fourth-order valence-electron chi connectivity index (χ4n) is 2.10. The van der Waals surface area contributed by atoms with Gasteiger partial charge in [0.05, 0.1) is 6.54 Å². The fraction of sp³-hybridized carbons (Fsp3) is 0.400. The van der Waals surface area contributed by atoms with Crippen molar-refractivity contribution in [3.8, 4) is 0 Å². The molecule has 0 bridgehead atoms. The van der Waals surface area contributed by atoms with Crippen molar-refractivity contribution in [2.45, 2.75) is 39.9 Å². The van der Waals surface area contributed by atoms with Crippen molar-refractivity contribution in [3.63, 3.8) is 0 Å². The Morgan fingerprint density at radius 1 is 1.39 bits per heavy atom. The van der Waals surface area contributed by atoms with Crippen molar-refractivity contribution in [1.82, 2.24) is 14.9 Å². The predicted molar refractivity (Wildman–Crippen MR) is 74.3 cm³/mol. The Morgan fingerprint density at radius 2 is 2.22 bits per heavy atom. The van der Waals surface area contributed by atoms with Crippen molar-refractivity contribution >= 4 is 0 Å². The van der Waals surface area contributed by atoms with Crippen LogP contribution in [0, 0.1) is 6.92 Å². The summed E-state index contributed by atoms with van der Waals surface area (Å²) in [5.74, 6) is 1.09. The third kappa shape index (κ3) is 2.99. The van der Waals surface area contributed by atoms with Gasteiger partial charge in [-0.05, 0) is 26.3 Å². The lowest BCUT2D eigenvalue weighted by Gasteiger charge is -2.15. The Morgan fingerprint density at radius 3 is 2.94 bits per heavy atom. The van der Waals surface area contributed by atoms with E-state index in [1.165, 1.54) is 11.1 Å². The summed E-state index contributed by atoms with van der Waals surface area (Å²) in [6, 6.07) is 8.96. The molecule has 0 spiro atoms. The van der Waals surface area contributed by atoms with E-state index < -0.39 is 0 Å². The predicted octanol–water partition coefficient (Wildman–Crippen LogP) is 3.06. The van der Waals surface area contributed by atoms with Crippen LogP contribution in [0.3, 0.4) is 0 Å². The highest BCUT2D eigenvalue weighted by atomic mass is 15.1. The second kappa shape index (κ2) is 5.83. The second-order valence-electron chi connectivity index (χ2n) is 4.65. The van der Waals surface area contributed by atoms with Crippen LogP contribution in [0.5, 0.6) is 0 Å². The summed E-state index contributed by atoms with van der Waals surface area (Å²) >= 11 is 0. The Bertz CT molecular complexity index is 502. The summed E-state index contributed by atoms with van der Waals surface area (Å²) in [7, 11) is 0. The highest BCUT2D eigenvalue weighted by Crippen LogP contribution is 2.14. The van der Waals surface area contributed by atoms with E-state index in [4.69, 9.17) is 0 Å². The quantitative estimate of drug-likeness (QED) is 0.874. The van der Waals surface area contributed by atoms with Crippen LogP contribution in [0.2, 0.25) is 0 Å². The molecule has 96 valence electrons. The maximum atomic E-state index is 4.37. The van der Waals surface area contributed by atoms with Gasteiger partial charge in [0.15, 0.2) is 0 Å². The minimum absolute atomic E-state index is 0.340. The molecule has 18 heavy (non-hydrogen) atoms. The molecule has 1 heterocycles. The number of hydrogen-bond donors (Lipinski definition) is 1. The van der Waals surface area contributed by atoms with E-state index in [1.54, 1.807) is 0 Å². The largest absolute Gasteiger partial charge is 0.334 e. The van der Waals surface area contributed by atoms with Gasteiger partial charge in [0.2, 0.25) is 0 Å². The molecule has 0 saturated carbocycles. The van der Waals surface area contributed by atoms with Gasteiger partial charge in [-0.3, -0.25) is 0 Å². The lowest BCUT2D eigenvalue weighted by Crippen LogP contribution is -2.20. The van der Waals surface area contributed by atoms with Gasteiger partial charge in [0.1, 0.15) is 5.82 Å². The van der Waals surface area contributed by atoms with Gasteiger partial charge in [-0.25, -0.2) is 4.98 Å². The van der Waals surface area contributed by atoms with Crippen LogP contribution in [0.1, 0.15) is 36.8 Å². The van der Waals surface area contributed by atoms with Crippen LogP contribution in [-0.2, 0) is 13.1 Å². The summed E-state index contributed by atoms with van der Waals surface area (Å²) in [5, 5.41) is 3.52. The van der Waals surface area contributed by atoms with E-state index in [0.29, 0.717) is 6.04 Å². The molecule has 0 radical (unpaired) electrons. The first-order valence-corrected chi connectivity index (χ1v) is 6.50. The molecule has 0 aliphatic carbocycles. The molecule has 1 aromatic carbocycles. The lowest BCUT2D eigenvalue weighted by atomic mass is 10.1.